The second-order valence-corrected chi connectivity index (χ2v) is 7.92. The number of hydrogen-bond acceptors (Lipinski definition) is 5. The smallest absolute Gasteiger partial charge is 0.259 e. The van der Waals surface area contributed by atoms with E-state index in [-0.39, 0.29) is 5.56 Å². The molecule has 6 nitrogen and oxygen atoms in total. The van der Waals surface area contributed by atoms with E-state index in [1.807, 2.05) is 49.1 Å². The molecule has 0 saturated heterocycles. The normalized spacial score (nSPS) is 14.1. The van der Waals surface area contributed by atoms with E-state index in [2.05, 4.69) is 9.88 Å². The molecule has 0 N–H and O–H groups in total. The molecule has 0 bridgehead atoms. The van der Waals surface area contributed by atoms with Gasteiger partial charge in [0.05, 0.1) is 19.0 Å². The third-order valence-electron chi connectivity index (χ3n) is 5.00. The molecule has 1 aliphatic rings. The Morgan fingerprint density at radius 1 is 1.10 bits per heavy atom. The Labute approximate surface area is 179 Å². The Balaban J connectivity index is 1.82. The molecule has 1 aromatic carbocycles. The summed E-state index contributed by atoms with van der Waals surface area (Å²) in [5.74, 6) is 0.598. The van der Waals surface area contributed by atoms with E-state index in [0.717, 1.165) is 22.6 Å². The van der Waals surface area contributed by atoms with E-state index in [9.17, 15) is 4.79 Å². The molecule has 3 heterocycles. The van der Waals surface area contributed by atoms with Crippen molar-refractivity contribution in [1.29, 1.82) is 0 Å². The maximum Gasteiger partial charge on any atom is 0.259 e. The Bertz CT molecular complexity index is 1080. The van der Waals surface area contributed by atoms with Crippen LogP contribution >= 0.6 is 23.2 Å². The van der Waals surface area contributed by atoms with Crippen LogP contribution in [0.3, 0.4) is 0 Å². The number of rotatable bonds is 4. The van der Waals surface area contributed by atoms with Crippen LogP contribution in [-0.4, -0.2) is 26.1 Å². The molecule has 0 aliphatic carbocycles. The van der Waals surface area contributed by atoms with Crippen molar-refractivity contribution in [3.05, 3.63) is 79.9 Å². The molecule has 2 aromatic heterocycles. The average molecular weight is 430 g/mol. The summed E-state index contributed by atoms with van der Waals surface area (Å²) in [6, 6.07) is 11.2. The van der Waals surface area contributed by atoms with Crippen molar-refractivity contribution in [3.63, 3.8) is 0 Å². The van der Waals surface area contributed by atoms with Crippen molar-refractivity contribution in [2.24, 2.45) is 0 Å². The molecule has 150 valence electrons. The van der Waals surface area contributed by atoms with Crippen molar-refractivity contribution in [1.82, 2.24) is 19.4 Å². The van der Waals surface area contributed by atoms with Gasteiger partial charge in [-0.15, -0.1) is 0 Å². The summed E-state index contributed by atoms with van der Waals surface area (Å²) in [5, 5.41) is 1.07. The maximum atomic E-state index is 13.2. The van der Waals surface area contributed by atoms with Crippen molar-refractivity contribution in [2.45, 2.75) is 33.5 Å². The van der Waals surface area contributed by atoms with Crippen LogP contribution in [0.2, 0.25) is 10.0 Å². The molecule has 1 aliphatic heterocycles. The fourth-order valence-corrected chi connectivity index (χ4v) is 4.16. The van der Waals surface area contributed by atoms with Crippen LogP contribution in [0.15, 0.2) is 47.4 Å². The lowest BCUT2D eigenvalue weighted by Crippen LogP contribution is -2.47. The molecular weight excluding hydrogens is 409 g/mol. The summed E-state index contributed by atoms with van der Waals surface area (Å²) < 4.78 is 1.72. The van der Waals surface area contributed by atoms with E-state index in [1.54, 1.807) is 16.8 Å². The highest BCUT2D eigenvalue weighted by atomic mass is 35.5. The molecule has 0 atom stereocenters. The molecule has 8 heteroatoms. The molecule has 0 spiro atoms. The molecule has 0 amide bonds. The van der Waals surface area contributed by atoms with Gasteiger partial charge < -0.3 is 0 Å². The first-order valence-electron chi connectivity index (χ1n) is 9.42. The van der Waals surface area contributed by atoms with Crippen LogP contribution in [0, 0.1) is 6.92 Å². The minimum Gasteiger partial charge on any atom is -0.298 e. The van der Waals surface area contributed by atoms with Gasteiger partial charge in [-0.3, -0.25) is 24.1 Å². The monoisotopic (exact) mass is 429 g/mol. The van der Waals surface area contributed by atoms with Crippen LogP contribution in [0.25, 0.3) is 0 Å². The number of nitrogens with zero attached hydrogens (tertiary/aromatic N) is 5. The third kappa shape index (κ3) is 4.01. The first-order chi connectivity index (χ1) is 14.0. The number of halogens is 2. The lowest BCUT2D eigenvalue weighted by molar-refractivity contribution is 0.187. The highest BCUT2D eigenvalue weighted by Gasteiger charge is 2.28. The number of aromatic nitrogens is 3. The maximum absolute atomic E-state index is 13.2. The predicted molar refractivity (Wildman–Crippen MR) is 116 cm³/mol. The van der Waals surface area contributed by atoms with Gasteiger partial charge in [0.25, 0.3) is 5.56 Å². The summed E-state index contributed by atoms with van der Waals surface area (Å²) in [7, 11) is 0. The molecular formula is C21H21Cl2N5O. The van der Waals surface area contributed by atoms with E-state index in [1.165, 1.54) is 0 Å². The minimum atomic E-state index is -0.0150. The van der Waals surface area contributed by atoms with Gasteiger partial charge in [0, 0.05) is 39.7 Å². The van der Waals surface area contributed by atoms with E-state index >= 15 is 0 Å². The SMILES string of the molecule is CCc1c(C)nc2n(c1=O)CN(Cc1ccccn1)CN2c1cc(Cl)cc(Cl)c1. The number of pyridine rings is 1. The van der Waals surface area contributed by atoms with Crippen LogP contribution < -0.4 is 10.5 Å². The fraction of sp³-hybridized carbons (Fsp3) is 0.286. The third-order valence-corrected chi connectivity index (χ3v) is 5.43. The molecule has 0 unspecified atom stereocenters. The molecule has 0 saturated carbocycles. The molecule has 3 aromatic rings. The van der Waals surface area contributed by atoms with E-state index < -0.39 is 0 Å². The Kier molecular flexibility index (Phi) is 5.58. The van der Waals surface area contributed by atoms with Crippen LogP contribution in [0.5, 0.6) is 0 Å². The Morgan fingerprint density at radius 3 is 2.52 bits per heavy atom. The van der Waals surface area contributed by atoms with E-state index in [4.69, 9.17) is 28.2 Å². The number of fused-ring (bicyclic) bond motifs is 1. The van der Waals surface area contributed by atoms with Gasteiger partial charge in [0.15, 0.2) is 0 Å². The largest absolute Gasteiger partial charge is 0.298 e. The number of aryl methyl sites for hydroxylation is 1. The summed E-state index contributed by atoms with van der Waals surface area (Å²) in [6.45, 7) is 5.43. The zero-order chi connectivity index (χ0) is 20.5. The lowest BCUT2D eigenvalue weighted by Gasteiger charge is -2.38. The summed E-state index contributed by atoms with van der Waals surface area (Å²) in [4.78, 5) is 26.5. The molecule has 4 rings (SSSR count). The van der Waals surface area contributed by atoms with Gasteiger partial charge >= 0.3 is 0 Å². The summed E-state index contributed by atoms with van der Waals surface area (Å²) in [6.07, 6.45) is 2.41. The highest BCUT2D eigenvalue weighted by Crippen LogP contribution is 2.32. The van der Waals surface area contributed by atoms with Crippen LogP contribution in [0.4, 0.5) is 11.6 Å². The average Bonchev–Trinajstić information content (AvgIpc) is 2.68. The first kappa shape index (κ1) is 19.9. The number of hydrogen-bond donors (Lipinski definition) is 0. The van der Waals surface area contributed by atoms with Gasteiger partial charge in [-0.1, -0.05) is 36.2 Å². The number of anilines is 2. The Morgan fingerprint density at radius 2 is 1.86 bits per heavy atom. The minimum absolute atomic E-state index is 0.0150. The van der Waals surface area contributed by atoms with E-state index in [0.29, 0.717) is 42.3 Å². The first-order valence-corrected chi connectivity index (χ1v) is 10.2. The topological polar surface area (TPSA) is 54.3 Å². The van der Waals surface area contributed by atoms with Crippen LogP contribution in [-0.2, 0) is 19.6 Å². The molecule has 0 fully saturated rings. The van der Waals surface area contributed by atoms with Gasteiger partial charge in [-0.25, -0.2) is 4.98 Å². The van der Waals surface area contributed by atoms with Gasteiger partial charge in [0.2, 0.25) is 5.95 Å². The van der Waals surface area contributed by atoms with Crippen molar-refractivity contribution in [3.8, 4) is 0 Å². The molecule has 0 radical (unpaired) electrons. The molecule has 29 heavy (non-hydrogen) atoms. The predicted octanol–water partition coefficient (Wildman–Crippen LogP) is 4.38. The standard InChI is InChI=1S/C21H21Cl2N5O/c1-3-19-14(2)25-21-27(18-9-15(22)8-16(23)10-18)12-26(13-28(21)20(19)29)11-17-6-4-5-7-24-17/h4-10H,3,11-13H2,1-2H3. The second kappa shape index (κ2) is 8.14. The van der Waals surface area contributed by atoms with Gasteiger partial charge in [0.1, 0.15) is 0 Å². The van der Waals surface area contributed by atoms with Crippen molar-refractivity contribution >= 4 is 34.8 Å². The zero-order valence-electron chi connectivity index (χ0n) is 16.3. The summed E-state index contributed by atoms with van der Waals surface area (Å²) >= 11 is 12.5. The Hall–Kier alpha value is -2.41. The van der Waals surface area contributed by atoms with Crippen molar-refractivity contribution in [2.75, 3.05) is 11.6 Å². The van der Waals surface area contributed by atoms with Gasteiger partial charge in [-0.2, -0.15) is 0 Å². The quantitative estimate of drug-likeness (QED) is 0.615. The van der Waals surface area contributed by atoms with Crippen LogP contribution in [0.1, 0.15) is 23.9 Å². The summed E-state index contributed by atoms with van der Waals surface area (Å²) in [5.41, 5.74) is 3.19. The van der Waals surface area contributed by atoms with Gasteiger partial charge in [-0.05, 0) is 43.7 Å². The number of benzene rings is 1. The lowest BCUT2D eigenvalue weighted by atomic mass is 10.2. The highest BCUT2D eigenvalue weighted by molar-refractivity contribution is 6.35. The second-order valence-electron chi connectivity index (χ2n) is 7.05. The fourth-order valence-electron chi connectivity index (χ4n) is 3.65. The van der Waals surface area contributed by atoms with Crippen molar-refractivity contribution < 1.29 is 0 Å². The zero-order valence-corrected chi connectivity index (χ0v) is 17.8.